The number of aryl methyl sites for hydroxylation is 3. The van der Waals surface area contributed by atoms with E-state index in [1.165, 1.54) is 5.56 Å². The standard InChI is InChI=1S/C25H28N2O2S/c1-4-19-10-16(3)11-20(5-2)24(19)25-21(28)12-17(13-22(25)29)8-9-30-23-7-6-18(14-26)15-27-23/h6-7,10-11,15,17,28H,4-5,8-9,12-13H2,1-3H3. The number of aliphatic hydroxyl groups excluding tert-OH is 1. The van der Waals surface area contributed by atoms with Crippen molar-refractivity contribution in [2.24, 2.45) is 5.92 Å². The first-order chi connectivity index (χ1) is 14.5. The third kappa shape index (κ3) is 4.94. The summed E-state index contributed by atoms with van der Waals surface area (Å²) < 4.78 is 0. The highest BCUT2D eigenvalue weighted by Crippen LogP contribution is 2.37. The first kappa shape index (κ1) is 22.1. The summed E-state index contributed by atoms with van der Waals surface area (Å²) in [4.78, 5) is 17.3. The van der Waals surface area contributed by atoms with E-state index in [1.54, 1.807) is 24.0 Å². The molecule has 0 saturated heterocycles. The molecule has 1 atom stereocenters. The SMILES string of the molecule is CCc1cc(C)cc(CC)c1C1=C(O)CC(CCSc2ccc(C#N)cn2)CC1=O. The zero-order valence-corrected chi connectivity index (χ0v) is 18.7. The van der Waals surface area contributed by atoms with Crippen LogP contribution in [0.2, 0.25) is 0 Å². The summed E-state index contributed by atoms with van der Waals surface area (Å²) in [6, 6.07) is 9.95. The van der Waals surface area contributed by atoms with Crippen LogP contribution in [0.4, 0.5) is 0 Å². The van der Waals surface area contributed by atoms with Crippen molar-refractivity contribution in [3.8, 4) is 6.07 Å². The van der Waals surface area contributed by atoms with Crippen LogP contribution in [-0.4, -0.2) is 21.6 Å². The lowest BCUT2D eigenvalue weighted by Crippen LogP contribution is -2.21. The average Bonchev–Trinajstić information content (AvgIpc) is 2.74. The molecule has 0 radical (unpaired) electrons. The van der Waals surface area contributed by atoms with Gasteiger partial charge in [0.05, 0.1) is 16.2 Å². The van der Waals surface area contributed by atoms with Crippen molar-refractivity contribution in [2.45, 2.75) is 57.9 Å². The summed E-state index contributed by atoms with van der Waals surface area (Å²) in [5, 5.41) is 20.6. The molecule has 1 unspecified atom stereocenters. The van der Waals surface area contributed by atoms with Gasteiger partial charge in [0.1, 0.15) is 11.8 Å². The number of carbonyl (C=O) groups is 1. The average molecular weight is 421 g/mol. The summed E-state index contributed by atoms with van der Waals surface area (Å²) in [6.07, 6.45) is 5.11. The first-order valence-electron chi connectivity index (χ1n) is 10.5. The van der Waals surface area contributed by atoms with E-state index < -0.39 is 0 Å². The van der Waals surface area contributed by atoms with Crippen LogP contribution in [0.5, 0.6) is 0 Å². The molecular formula is C25H28N2O2S. The monoisotopic (exact) mass is 420 g/mol. The Bertz CT molecular complexity index is 978. The highest BCUT2D eigenvalue weighted by atomic mass is 32.2. The topological polar surface area (TPSA) is 74.0 Å². The molecule has 5 heteroatoms. The van der Waals surface area contributed by atoms with Crippen LogP contribution < -0.4 is 0 Å². The van der Waals surface area contributed by atoms with Gasteiger partial charge in [-0.15, -0.1) is 11.8 Å². The smallest absolute Gasteiger partial charge is 0.167 e. The Kier molecular flexibility index (Phi) is 7.33. The van der Waals surface area contributed by atoms with Gasteiger partial charge in [0.15, 0.2) is 5.78 Å². The number of nitrogens with zero attached hydrogens (tertiary/aromatic N) is 2. The molecule has 0 bridgehead atoms. The number of hydrogen-bond donors (Lipinski definition) is 1. The molecule has 156 valence electrons. The van der Waals surface area contributed by atoms with Crippen LogP contribution in [0, 0.1) is 24.2 Å². The van der Waals surface area contributed by atoms with E-state index in [0.717, 1.165) is 46.7 Å². The van der Waals surface area contributed by atoms with Crippen molar-refractivity contribution in [3.05, 3.63) is 64.0 Å². The second kappa shape index (κ2) is 9.95. The van der Waals surface area contributed by atoms with E-state index in [2.05, 4.69) is 44.0 Å². The number of thioether (sulfide) groups is 1. The molecule has 2 aromatic rings. The second-order valence-corrected chi connectivity index (χ2v) is 8.93. The normalized spacial score (nSPS) is 16.6. The molecular weight excluding hydrogens is 392 g/mol. The summed E-state index contributed by atoms with van der Waals surface area (Å²) in [5.74, 6) is 1.27. The van der Waals surface area contributed by atoms with Crippen molar-refractivity contribution in [1.29, 1.82) is 5.26 Å². The summed E-state index contributed by atoms with van der Waals surface area (Å²) >= 11 is 1.62. The van der Waals surface area contributed by atoms with Gasteiger partial charge in [-0.25, -0.2) is 4.98 Å². The van der Waals surface area contributed by atoms with Crippen molar-refractivity contribution in [2.75, 3.05) is 5.75 Å². The van der Waals surface area contributed by atoms with E-state index in [4.69, 9.17) is 5.26 Å². The lowest BCUT2D eigenvalue weighted by Gasteiger charge is -2.26. The molecule has 1 aliphatic carbocycles. The Morgan fingerprint density at radius 2 is 1.90 bits per heavy atom. The van der Waals surface area contributed by atoms with Crippen LogP contribution in [0.15, 0.2) is 41.2 Å². The van der Waals surface area contributed by atoms with Gasteiger partial charge < -0.3 is 5.11 Å². The van der Waals surface area contributed by atoms with Crippen molar-refractivity contribution in [3.63, 3.8) is 0 Å². The maximum Gasteiger partial charge on any atom is 0.167 e. The minimum Gasteiger partial charge on any atom is -0.512 e. The lowest BCUT2D eigenvalue weighted by atomic mass is 9.79. The number of Topliss-reactive ketones (excluding diaryl/α,β-unsaturated/α-hetero) is 1. The molecule has 0 fully saturated rings. The molecule has 30 heavy (non-hydrogen) atoms. The van der Waals surface area contributed by atoms with Crippen LogP contribution in [0.3, 0.4) is 0 Å². The molecule has 1 aromatic carbocycles. The Morgan fingerprint density at radius 3 is 2.43 bits per heavy atom. The third-order valence-corrected chi connectivity index (χ3v) is 6.60. The maximum absolute atomic E-state index is 13.1. The Labute approximate surface area is 183 Å². The summed E-state index contributed by atoms with van der Waals surface area (Å²) in [7, 11) is 0. The van der Waals surface area contributed by atoms with Crippen molar-refractivity contribution < 1.29 is 9.90 Å². The molecule has 1 aromatic heterocycles. The number of benzene rings is 1. The van der Waals surface area contributed by atoms with Crippen LogP contribution >= 0.6 is 11.8 Å². The van der Waals surface area contributed by atoms with Crippen LogP contribution in [0.1, 0.15) is 60.9 Å². The van der Waals surface area contributed by atoms with Gasteiger partial charge in [-0.1, -0.05) is 31.5 Å². The fraction of sp³-hybridized carbons (Fsp3) is 0.400. The number of carbonyl (C=O) groups excluding carboxylic acids is 1. The van der Waals surface area contributed by atoms with Gasteiger partial charge in [0.25, 0.3) is 0 Å². The number of ketones is 1. The minimum atomic E-state index is 0.0542. The first-order valence-corrected chi connectivity index (χ1v) is 11.5. The van der Waals surface area contributed by atoms with Gasteiger partial charge in [-0.05, 0) is 66.7 Å². The maximum atomic E-state index is 13.1. The van der Waals surface area contributed by atoms with Gasteiger partial charge in [-0.2, -0.15) is 5.26 Å². The van der Waals surface area contributed by atoms with Crippen LogP contribution in [0.25, 0.3) is 5.57 Å². The van der Waals surface area contributed by atoms with Gasteiger partial charge in [0.2, 0.25) is 0 Å². The van der Waals surface area contributed by atoms with Crippen molar-refractivity contribution >= 4 is 23.1 Å². The summed E-state index contributed by atoms with van der Waals surface area (Å²) in [6.45, 7) is 6.27. The van der Waals surface area contributed by atoms with Crippen molar-refractivity contribution in [1.82, 2.24) is 4.98 Å². The number of pyridine rings is 1. The zero-order valence-electron chi connectivity index (χ0n) is 17.9. The number of allylic oxidation sites excluding steroid dienone is 2. The number of aromatic nitrogens is 1. The number of hydrogen-bond acceptors (Lipinski definition) is 5. The minimum absolute atomic E-state index is 0.0542. The van der Waals surface area contributed by atoms with E-state index >= 15 is 0 Å². The predicted molar refractivity (Wildman–Crippen MR) is 122 cm³/mol. The largest absolute Gasteiger partial charge is 0.512 e. The van der Waals surface area contributed by atoms with E-state index in [0.29, 0.717) is 24.0 Å². The van der Waals surface area contributed by atoms with E-state index in [-0.39, 0.29) is 17.5 Å². The van der Waals surface area contributed by atoms with Gasteiger partial charge >= 0.3 is 0 Å². The molecule has 1 N–H and O–H groups in total. The molecule has 0 spiro atoms. The highest BCUT2D eigenvalue weighted by Gasteiger charge is 2.30. The zero-order chi connectivity index (χ0) is 21.7. The lowest BCUT2D eigenvalue weighted by molar-refractivity contribution is -0.115. The fourth-order valence-corrected chi connectivity index (χ4v) is 5.10. The van der Waals surface area contributed by atoms with Gasteiger partial charge in [0, 0.05) is 19.0 Å². The second-order valence-electron chi connectivity index (χ2n) is 7.82. The Morgan fingerprint density at radius 1 is 1.20 bits per heavy atom. The molecule has 0 saturated carbocycles. The molecule has 1 heterocycles. The summed E-state index contributed by atoms with van der Waals surface area (Å²) in [5.41, 5.74) is 5.53. The predicted octanol–water partition coefficient (Wildman–Crippen LogP) is 5.82. The van der Waals surface area contributed by atoms with E-state index in [9.17, 15) is 9.90 Å². The molecule has 3 rings (SSSR count). The van der Waals surface area contributed by atoms with Gasteiger partial charge in [-0.3, -0.25) is 4.79 Å². The number of rotatable bonds is 7. The fourth-order valence-electron chi connectivity index (χ4n) is 4.14. The number of aliphatic hydroxyl groups is 1. The molecule has 1 aliphatic rings. The third-order valence-electron chi connectivity index (χ3n) is 5.62. The number of nitriles is 1. The molecule has 4 nitrogen and oxygen atoms in total. The van der Waals surface area contributed by atoms with E-state index in [1.807, 2.05) is 6.07 Å². The Balaban J connectivity index is 1.73. The van der Waals surface area contributed by atoms with Crippen LogP contribution in [-0.2, 0) is 17.6 Å². The molecule has 0 aliphatic heterocycles. The highest BCUT2D eigenvalue weighted by molar-refractivity contribution is 7.99. The quantitative estimate of drug-likeness (QED) is 0.572. The molecule has 0 amide bonds. The Hall–Kier alpha value is -2.58.